The number of aromatic nitrogens is 3. The first-order valence-corrected chi connectivity index (χ1v) is 6.95. The number of pyridine rings is 1. The summed E-state index contributed by atoms with van der Waals surface area (Å²) in [5, 5.41) is 30.2. The molecule has 0 radical (unpaired) electrons. The van der Waals surface area contributed by atoms with Crippen LogP contribution in [-0.4, -0.2) is 29.7 Å². The summed E-state index contributed by atoms with van der Waals surface area (Å²) in [7, 11) is 0. The molecule has 0 fully saturated rings. The van der Waals surface area contributed by atoms with E-state index in [1.54, 1.807) is 0 Å². The largest absolute Gasteiger partial charge is 0.504 e. The maximum atomic E-state index is 12.6. The van der Waals surface area contributed by atoms with E-state index in [4.69, 9.17) is 0 Å². The van der Waals surface area contributed by atoms with Gasteiger partial charge in [-0.25, -0.2) is 9.97 Å². The zero-order valence-corrected chi connectivity index (χ0v) is 12.7. The van der Waals surface area contributed by atoms with Gasteiger partial charge in [-0.05, 0) is 18.2 Å². The minimum atomic E-state index is -4.54. The van der Waals surface area contributed by atoms with Gasteiger partial charge in [0.2, 0.25) is 5.75 Å². The van der Waals surface area contributed by atoms with Crippen molar-refractivity contribution in [3.63, 3.8) is 0 Å². The molecule has 0 amide bonds. The fraction of sp³-hybridized carbons (Fsp3) is 0.0667. The second-order valence-electron chi connectivity index (χ2n) is 5.17. The van der Waals surface area contributed by atoms with E-state index in [2.05, 4.69) is 9.97 Å². The van der Waals surface area contributed by atoms with E-state index in [9.17, 15) is 33.5 Å². The van der Waals surface area contributed by atoms with Gasteiger partial charge < -0.3 is 10.2 Å². The lowest BCUT2D eigenvalue weighted by Gasteiger charge is -2.10. The zero-order valence-electron chi connectivity index (χ0n) is 12.7. The predicted octanol–water partition coefficient (Wildman–Crippen LogP) is 3.27. The summed E-state index contributed by atoms with van der Waals surface area (Å²) in [6.45, 7) is 0. The van der Waals surface area contributed by atoms with E-state index in [-0.39, 0.29) is 17.1 Å². The monoisotopic (exact) mass is 366 g/mol. The van der Waals surface area contributed by atoms with Crippen molar-refractivity contribution < 1.29 is 28.3 Å². The first-order chi connectivity index (χ1) is 12.2. The van der Waals surface area contributed by atoms with Crippen LogP contribution < -0.4 is 0 Å². The van der Waals surface area contributed by atoms with Gasteiger partial charge in [-0.2, -0.15) is 13.2 Å². The Morgan fingerprint density at radius 3 is 2.46 bits per heavy atom. The number of nitro benzene ring substituents is 1. The Bertz CT molecular complexity index is 984. The van der Waals surface area contributed by atoms with E-state index < -0.39 is 33.8 Å². The number of halogens is 3. The smallest absolute Gasteiger partial charge is 0.417 e. The zero-order chi connectivity index (χ0) is 19.1. The van der Waals surface area contributed by atoms with Crippen molar-refractivity contribution in [3.8, 4) is 28.6 Å². The molecule has 2 N–H and O–H groups in total. The van der Waals surface area contributed by atoms with Gasteiger partial charge >= 0.3 is 11.9 Å². The Balaban J connectivity index is 2.09. The number of hydrogen-bond donors (Lipinski definition) is 2. The number of imidazole rings is 1. The third-order valence-electron chi connectivity index (χ3n) is 3.52. The van der Waals surface area contributed by atoms with Crippen LogP contribution in [0.3, 0.4) is 0 Å². The third kappa shape index (κ3) is 3.01. The summed E-state index contributed by atoms with van der Waals surface area (Å²) in [4.78, 5) is 17.7. The highest BCUT2D eigenvalue weighted by Crippen LogP contribution is 2.39. The van der Waals surface area contributed by atoms with Gasteiger partial charge in [0.15, 0.2) is 5.75 Å². The fourth-order valence-corrected chi connectivity index (χ4v) is 2.28. The van der Waals surface area contributed by atoms with Crippen LogP contribution in [-0.2, 0) is 6.18 Å². The van der Waals surface area contributed by atoms with Crippen molar-refractivity contribution in [2.75, 3.05) is 0 Å². The van der Waals surface area contributed by atoms with Gasteiger partial charge in [0.1, 0.15) is 12.1 Å². The number of aromatic hydroxyl groups is 2. The Hall–Kier alpha value is -3.63. The van der Waals surface area contributed by atoms with Crippen molar-refractivity contribution >= 4 is 5.69 Å². The topological polar surface area (TPSA) is 114 Å². The molecule has 26 heavy (non-hydrogen) atoms. The maximum Gasteiger partial charge on any atom is 0.417 e. The quantitative estimate of drug-likeness (QED) is 0.418. The van der Waals surface area contributed by atoms with Crippen LogP contribution >= 0.6 is 0 Å². The standard InChI is InChI=1S/C15H9F3N4O4/c16-15(17,18)9-1-2-13(20-5-9)21-7-19-6-11(21)8-3-10(22(25)26)14(24)12(23)4-8/h1-7,23-24H. The molecular formula is C15H9F3N4O4. The number of alkyl halides is 3. The maximum absolute atomic E-state index is 12.6. The number of phenols is 2. The predicted molar refractivity (Wildman–Crippen MR) is 81.8 cm³/mol. The second kappa shape index (κ2) is 6.02. The van der Waals surface area contributed by atoms with Crippen LogP contribution in [0.5, 0.6) is 11.5 Å². The van der Waals surface area contributed by atoms with E-state index in [0.717, 1.165) is 24.3 Å². The molecule has 0 bridgehead atoms. The normalized spacial score (nSPS) is 11.5. The van der Waals surface area contributed by atoms with Gasteiger partial charge in [0.25, 0.3) is 0 Å². The van der Waals surface area contributed by atoms with Crippen molar-refractivity contribution in [2.24, 2.45) is 0 Å². The van der Waals surface area contributed by atoms with Crippen LogP contribution in [0.4, 0.5) is 18.9 Å². The fourth-order valence-electron chi connectivity index (χ4n) is 2.28. The lowest BCUT2D eigenvalue weighted by molar-refractivity contribution is -0.385. The molecule has 3 aromatic rings. The Kier molecular flexibility index (Phi) is 3.98. The Morgan fingerprint density at radius 2 is 1.88 bits per heavy atom. The molecule has 3 rings (SSSR count). The first kappa shape index (κ1) is 17.2. The molecule has 0 unspecified atom stereocenters. The van der Waals surface area contributed by atoms with Gasteiger partial charge in [0, 0.05) is 17.8 Å². The molecule has 0 atom stereocenters. The molecule has 1 aromatic carbocycles. The van der Waals surface area contributed by atoms with Gasteiger partial charge in [-0.1, -0.05) is 0 Å². The van der Waals surface area contributed by atoms with Crippen LogP contribution in [0.2, 0.25) is 0 Å². The molecule has 0 saturated carbocycles. The lowest BCUT2D eigenvalue weighted by Crippen LogP contribution is -2.07. The number of nitrogens with zero attached hydrogens (tertiary/aromatic N) is 4. The highest BCUT2D eigenvalue weighted by molar-refractivity contribution is 5.71. The summed E-state index contributed by atoms with van der Waals surface area (Å²) in [6.07, 6.45) is -1.35. The molecule has 134 valence electrons. The van der Waals surface area contributed by atoms with Crippen LogP contribution in [0.1, 0.15) is 5.56 Å². The molecular weight excluding hydrogens is 357 g/mol. The SMILES string of the molecule is O=[N+]([O-])c1cc(-c2cncn2-c2ccc(C(F)(F)F)cn2)cc(O)c1O. The number of rotatable bonds is 3. The summed E-state index contributed by atoms with van der Waals surface area (Å²) < 4.78 is 39.2. The lowest BCUT2D eigenvalue weighted by atomic mass is 10.1. The summed E-state index contributed by atoms with van der Waals surface area (Å²) in [6, 6.07) is 4.03. The Morgan fingerprint density at radius 1 is 1.15 bits per heavy atom. The van der Waals surface area contributed by atoms with Crippen molar-refractivity contribution in [1.82, 2.24) is 14.5 Å². The summed E-state index contributed by atoms with van der Waals surface area (Å²) in [5.74, 6) is -1.53. The second-order valence-corrected chi connectivity index (χ2v) is 5.17. The average molecular weight is 366 g/mol. The minimum absolute atomic E-state index is 0.0840. The third-order valence-corrected chi connectivity index (χ3v) is 3.52. The molecule has 0 saturated heterocycles. The van der Waals surface area contributed by atoms with Crippen molar-refractivity contribution in [1.29, 1.82) is 0 Å². The molecule has 0 aliphatic rings. The van der Waals surface area contributed by atoms with Gasteiger partial charge in [-0.3, -0.25) is 14.7 Å². The van der Waals surface area contributed by atoms with E-state index >= 15 is 0 Å². The number of phenolic OH excluding ortho intramolecular Hbond substituents is 2. The van der Waals surface area contributed by atoms with E-state index in [1.165, 1.54) is 17.1 Å². The highest BCUT2D eigenvalue weighted by Gasteiger charge is 2.30. The average Bonchev–Trinajstić information content (AvgIpc) is 3.06. The number of nitro groups is 1. The molecule has 2 heterocycles. The van der Waals surface area contributed by atoms with Crippen molar-refractivity contribution in [3.05, 3.63) is 58.7 Å². The van der Waals surface area contributed by atoms with Crippen molar-refractivity contribution in [2.45, 2.75) is 6.18 Å². The van der Waals surface area contributed by atoms with Crippen LogP contribution in [0.25, 0.3) is 17.1 Å². The van der Waals surface area contributed by atoms with Crippen LogP contribution in [0, 0.1) is 10.1 Å². The minimum Gasteiger partial charge on any atom is -0.504 e. The molecule has 0 aliphatic heterocycles. The number of benzene rings is 1. The summed E-state index contributed by atoms with van der Waals surface area (Å²) in [5.41, 5.74) is -1.32. The molecule has 0 aliphatic carbocycles. The van der Waals surface area contributed by atoms with Gasteiger partial charge in [-0.15, -0.1) is 0 Å². The first-order valence-electron chi connectivity index (χ1n) is 6.95. The molecule has 0 spiro atoms. The molecule has 8 nitrogen and oxygen atoms in total. The Labute approximate surface area is 143 Å². The molecule has 2 aromatic heterocycles. The highest BCUT2D eigenvalue weighted by atomic mass is 19.4. The van der Waals surface area contributed by atoms with Gasteiger partial charge in [0.05, 0.1) is 22.4 Å². The van der Waals surface area contributed by atoms with Crippen LogP contribution in [0.15, 0.2) is 43.0 Å². The van der Waals surface area contributed by atoms with E-state index in [0.29, 0.717) is 6.20 Å². The number of hydrogen-bond acceptors (Lipinski definition) is 6. The van der Waals surface area contributed by atoms with E-state index in [1.807, 2.05) is 0 Å². The summed E-state index contributed by atoms with van der Waals surface area (Å²) >= 11 is 0. The molecule has 11 heteroatoms.